The van der Waals surface area contributed by atoms with Crippen LogP contribution in [0.4, 0.5) is 8.78 Å². The van der Waals surface area contributed by atoms with Crippen LogP contribution < -0.4 is 5.69 Å². The normalized spacial score (nSPS) is 11.3. The SMILES string of the molecule is CN(C)C(=O)Cn1c(=O)n(C)c2ncc(-c3cccc(C(F)F)c3)cc21. The molecule has 0 atom stereocenters. The van der Waals surface area contributed by atoms with Gasteiger partial charge in [-0.3, -0.25) is 13.9 Å². The first-order valence-corrected chi connectivity index (χ1v) is 7.93. The molecule has 0 unspecified atom stereocenters. The second-order valence-corrected chi connectivity index (χ2v) is 6.21. The molecule has 0 saturated carbocycles. The summed E-state index contributed by atoms with van der Waals surface area (Å²) in [5.41, 5.74) is 1.62. The Balaban J connectivity index is 2.15. The van der Waals surface area contributed by atoms with Gasteiger partial charge in [0.1, 0.15) is 6.54 Å². The molecule has 2 heterocycles. The van der Waals surface area contributed by atoms with Crippen LogP contribution >= 0.6 is 0 Å². The van der Waals surface area contributed by atoms with Gasteiger partial charge in [0.2, 0.25) is 5.91 Å². The van der Waals surface area contributed by atoms with Crippen LogP contribution in [0.3, 0.4) is 0 Å². The largest absolute Gasteiger partial charge is 0.347 e. The number of halogens is 2. The van der Waals surface area contributed by atoms with E-state index in [2.05, 4.69) is 4.98 Å². The van der Waals surface area contributed by atoms with Crippen molar-refractivity contribution in [1.82, 2.24) is 19.0 Å². The Labute approximate surface area is 148 Å². The van der Waals surface area contributed by atoms with Crippen LogP contribution in [-0.2, 0) is 18.4 Å². The summed E-state index contributed by atoms with van der Waals surface area (Å²) in [7, 11) is 4.79. The summed E-state index contributed by atoms with van der Waals surface area (Å²) in [6.07, 6.45) is -1.04. The fraction of sp³-hybridized carbons (Fsp3) is 0.278. The van der Waals surface area contributed by atoms with Crippen molar-refractivity contribution in [2.24, 2.45) is 7.05 Å². The summed E-state index contributed by atoms with van der Waals surface area (Å²) in [5.74, 6) is -0.232. The summed E-state index contributed by atoms with van der Waals surface area (Å²) in [4.78, 5) is 30.2. The molecule has 0 radical (unpaired) electrons. The standard InChI is InChI=1S/C18H18F2N4O2/c1-22(2)15(25)10-24-14-8-13(9-21-17(14)23(3)18(24)26)11-5-4-6-12(7-11)16(19)20/h4-9,16H,10H2,1-3H3. The summed E-state index contributed by atoms with van der Waals surface area (Å²) in [6.45, 7) is -0.120. The Morgan fingerprint density at radius 3 is 2.62 bits per heavy atom. The number of pyridine rings is 1. The van der Waals surface area contributed by atoms with Crippen molar-refractivity contribution in [1.29, 1.82) is 0 Å². The number of carbonyl (C=O) groups is 1. The molecule has 0 N–H and O–H groups in total. The highest BCUT2D eigenvalue weighted by Gasteiger charge is 2.17. The van der Waals surface area contributed by atoms with Gasteiger partial charge in [-0.2, -0.15) is 0 Å². The van der Waals surface area contributed by atoms with Crippen molar-refractivity contribution in [3.05, 3.63) is 52.6 Å². The van der Waals surface area contributed by atoms with Gasteiger partial charge >= 0.3 is 5.69 Å². The van der Waals surface area contributed by atoms with E-state index in [0.29, 0.717) is 22.3 Å². The van der Waals surface area contributed by atoms with Gasteiger partial charge in [0, 0.05) is 38.5 Å². The fourth-order valence-electron chi connectivity index (χ4n) is 2.72. The van der Waals surface area contributed by atoms with Crippen LogP contribution in [0, 0.1) is 0 Å². The van der Waals surface area contributed by atoms with E-state index in [0.717, 1.165) is 0 Å². The zero-order valence-electron chi connectivity index (χ0n) is 14.6. The van der Waals surface area contributed by atoms with Crippen molar-refractivity contribution in [3.8, 4) is 11.1 Å². The van der Waals surface area contributed by atoms with Crippen LogP contribution in [0.15, 0.2) is 41.3 Å². The smallest absolute Gasteiger partial charge is 0.330 e. The maximum absolute atomic E-state index is 12.9. The van der Waals surface area contributed by atoms with Crippen molar-refractivity contribution >= 4 is 17.1 Å². The van der Waals surface area contributed by atoms with E-state index in [9.17, 15) is 18.4 Å². The summed E-state index contributed by atoms with van der Waals surface area (Å²) >= 11 is 0. The Kier molecular flexibility index (Phi) is 4.58. The second kappa shape index (κ2) is 6.70. The number of hydrogen-bond acceptors (Lipinski definition) is 3. The Morgan fingerprint density at radius 1 is 1.23 bits per heavy atom. The van der Waals surface area contributed by atoms with Crippen molar-refractivity contribution in [3.63, 3.8) is 0 Å². The first kappa shape index (κ1) is 17.8. The van der Waals surface area contributed by atoms with E-state index in [1.807, 2.05) is 0 Å². The van der Waals surface area contributed by atoms with Crippen LogP contribution in [0.25, 0.3) is 22.3 Å². The fourth-order valence-corrected chi connectivity index (χ4v) is 2.72. The van der Waals surface area contributed by atoms with Gasteiger partial charge < -0.3 is 4.90 Å². The third kappa shape index (κ3) is 3.10. The van der Waals surface area contributed by atoms with Crippen molar-refractivity contribution in [2.75, 3.05) is 14.1 Å². The lowest BCUT2D eigenvalue weighted by Crippen LogP contribution is -2.31. The monoisotopic (exact) mass is 360 g/mol. The summed E-state index contributed by atoms with van der Waals surface area (Å²) < 4.78 is 28.6. The molecule has 0 aliphatic rings. The quantitative estimate of drug-likeness (QED) is 0.718. The average Bonchev–Trinajstić information content (AvgIpc) is 2.86. The predicted molar refractivity (Wildman–Crippen MR) is 94.1 cm³/mol. The third-order valence-corrected chi connectivity index (χ3v) is 4.24. The molecule has 1 amide bonds. The molecule has 0 fully saturated rings. The summed E-state index contributed by atoms with van der Waals surface area (Å²) in [5, 5.41) is 0. The highest BCUT2D eigenvalue weighted by Crippen LogP contribution is 2.27. The molecular formula is C18H18F2N4O2. The lowest BCUT2D eigenvalue weighted by atomic mass is 10.0. The number of imidazole rings is 1. The van der Waals surface area contributed by atoms with Gasteiger partial charge in [-0.1, -0.05) is 18.2 Å². The number of rotatable bonds is 4. The highest BCUT2D eigenvalue weighted by atomic mass is 19.3. The number of alkyl halides is 2. The molecule has 0 bridgehead atoms. The van der Waals surface area contributed by atoms with E-state index >= 15 is 0 Å². The number of nitrogens with zero attached hydrogens (tertiary/aromatic N) is 4. The average molecular weight is 360 g/mol. The van der Waals surface area contributed by atoms with Gasteiger partial charge in [-0.05, 0) is 17.7 Å². The van der Waals surface area contributed by atoms with Crippen molar-refractivity contribution < 1.29 is 13.6 Å². The Morgan fingerprint density at radius 2 is 1.96 bits per heavy atom. The Bertz CT molecular complexity index is 1040. The number of fused-ring (bicyclic) bond motifs is 1. The van der Waals surface area contributed by atoms with E-state index < -0.39 is 6.43 Å². The molecule has 3 aromatic rings. The molecule has 0 spiro atoms. The van der Waals surface area contributed by atoms with E-state index in [-0.39, 0.29) is 23.7 Å². The number of carbonyl (C=O) groups excluding carboxylic acids is 1. The number of aryl methyl sites for hydroxylation is 1. The topological polar surface area (TPSA) is 60.1 Å². The molecule has 0 saturated heterocycles. The predicted octanol–water partition coefficient (Wildman–Crippen LogP) is 2.43. The van der Waals surface area contributed by atoms with E-state index in [4.69, 9.17) is 0 Å². The van der Waals surface area contributed by atoms with Crippen molar-refractivity contribution in [2.45, 2.75) is 13.0 Å². The van der Waals surface area contributed by atoms with Gasteiger partial charge in [-0.15, -0.1) is 0 Å². The zero-order chi connectivity index (χ0) is 19.0. The third-order valence-electron chi connectivity index (χ3n) is 4.24. The minimum absolute atomic E-state index is 0.0872. The second-order valence-electron chi connectivity index (χ2n) is 6.21. The first-order valence-electron chi connectivity index (χ1n) is 7.93. The van der Waals surface area contributed by atoms with Gasteiger partial charge in [0.05, 0.1) is 5.52 Å². The molecule has 6 nitrogen and oxygen atoms in total. The van der Waals surface area contributed by atoms with Gasteiger partial charge in [0.25, 0.3) is 6.43 Å². The minimum Gasteiger partial charge on any atom is -0.347 e. The van der Waals surface area contributed by atoms with E-state index in [1.165, 1.54) is 32.4 Å². The number of hydrogen-bond donors (Lipinski definition) is 0. The maximum atomic E-state index is 12.9. The lowest BCUT2D eigenvalue weighted by Gasteiger charge is -2.11. The minimum atomic E-state index is -2.57. The molecule has 136 valence electrons. The molecule has 0 aliphatic heterocycles. The van der Waals surface area contributed by atoms with Gasteiger partial charge in [0.15, 0.2) is 5.65 Å². The van der Waals surface area contributed by atoms with E-state index in [1.54, 1.807) is 39.3 Å². The summed E-state index contributed by atoms with van der Waals surface area (Å²) in [6, 6.07) is 7.69. The Hall–Kier alpha value is -3.03. The van der Waals surface area contributed by atoms with Crippen LogP contribution in [0.1, 0.15) is 12.0 Å². The number of amides is 1. The van der Waals surface area contributed by atoms with Crippen LogP contribution in [-0.4, -0.2) is 39.0 Å². The number of aromatic nitrogens is 3. The molecule has 2 aromatic heterocycles. The molecular weight excluding hydrogens is 342 g/mol. The molecule has 8 heteroatoms. The van der Waals surface area contributed by atoms with Crippen LogP contribution in [0.5, 0.6) is 0 Å². The number of likely N-dealkylation sites (N-methyl/N-ethyl adjacent to an activating group) is 1. The number of benzene rings is 1. The molecule has 1 aromatic carbocycles. The molecule has 0 aliphatic carbocycles. The molecule has 3 rings (SSSR count). The lowest BCUT2D eigenvalue weighted by molar-refractivity contribution is -0.129. The van der Waals surface area contributed by atoms with Gasteiger partial charge in [-0.25, -0.2) is 18.6 Å². The first-order chi connectivity index (χ1) is 12.3. The maximum Gasteiger partial charge on any atom is 0.330 e. The highest BCUT2D eigenvalue weighted by molar-refractivity contribution is 5.82. The van der Waals surface area contributed by atoms with Crippen LogP contribution in [0.2, 0.25) is 0 Å². The molecule has 26 heavy (non-hydrogen) atoms. The zero-order valence-corrected chi connectivity index (χ0v) is 14.6.